The monoisotopic (exact) mass is 276 g/mol. The number of carbonyl (C=O) groups excluding carboxylic acids is 1. The second-order valence-electron chi connectivity index (χ2n) is 5.67. The van der Waals surface area contributed by atoms with Crippen LogP contribution in [0.2, 0.25) is 0 Å². The summed E-state index contributed by atoms with van der Waals surface area (Å²) in [5.74, 6) is 0.995. The van der Waals surface area contributed by atoms with Crippen molar-refractivity contribution in [2.24, 2.45) is 5.41 Å². The summed E-state index contributed by atoms with van der Waals surface area (Å²) in [6.07, 6.45) is 1.89. The van der Waals surface area contributed by atoms with Crippen molar-refractivity contribution < 1.29 is 9.53 Å². The molecule has 110 valence electrons. The van der Waals surface area contributed by atoms with Crippen molar-refractivity contribution in [3.63, 3.8) is 0 Å². The fourth-order valence-electron chi connectivity index (χ4n) is 2.37. The first-order valence-corrected chi connectivity index (χ1v) is 7.35. The first kappa shape index (κ1) is 14.9. The number of nitrogens with one attached hydrogen (secondary N) is 2. The Morgan fingerprint density at radius 2 is 2.35 bits per heavy atom. The van der Waals surface area contributed by atoms with Gasteiger partial charge in [0, 0.05) is 13.1 Å². The highest BCUT2D eigenvalue weighted by Gasteiger charge is 2.35. The van der Waals surface area contributed by atoms with E-state index in [1.165, 1.54) is 0 Å². The molecule has 0 aromatic heterocycles. The largest absolute Gasteiger partial charge is 0.494 e. The Kier molecular flexibility index (Phi) is 5.01. The highest BCUT2D eigenvalue weighted by molar-refractivity contribution is 5.82. The van der Waals surface area contributed by atoms with Gasteiger partial charge in [0.05, 0.1) is 12.0 Å². The maximum Gasteiger partial charge on any atom is 0.227 e. The maximum atomic E-state index is 12.2. The lowest BCUT2D eigenvalue weighted by atomic mass is 9.89. The zero-order valence-corrected chi connectivity index (χ0v) is 12.4. The number of amides is 1. The van der Waals surface area contributed by atoms with Crippen molar-refractivity contribution in [3.05, 3.63) is 29.8 Å². The molecule has 1 aliphatic heterocycles. The summed E-state index contributed by atoms with van der Waals surface area (Å²) in [5.41, 5.74) is 0.803. The zero-order chi connectivity index (χ0) is 14.4. The number of hydrogen-bond donors (Lipinski definition) is 2. The number of ether oxygens (including phenoxy) is 1. The Hall–Kier alpha value is -1.55. The van der Waals surface area contributed by atoms with Crippen molar-refractivity contribution in [2.75, 3.05) is 19.7 Å². The van der Waals surface area contributed by atoms with Crippen molar-refractivity contribution >= 4 is 5.91 Å². The van der Waals surface area contributed by atoms with E-state index in [0.29, 0.717) is 6.54 Å². The predicted octanol–water partition coefficient (Wildman–Crippen LogP) is 2.09. The van der Waals surface area contributed by atoms with E-state index in [2.05, 4.69) is 17.6 Å². The minimum Gasteiger partial charge on any atom is -0.494 e. The highest BCUT2D eigenvalue weighted by atomic mass is 16.5. The Labute approximate surface area is 120 Å². The lowest BCUT2D eigenvalue weighted by molar-refractivity contribution is -0.129. The van der Waals surface area contributed by atoms with Crippen LogP contribution in [-0.2, 0) is 11.3 Å². The molecule has 0 spiro atoms. The number of benzene rings is 1. The topological polar surface area (TPSA) is 50.4 Å². The third-order valence-electron chi connectivity index (χ3n) is 3.74. The van der Waals surface area contributed by atoms with Gasteiger partial charge in [0.2, 0.25) is 5.91 Å². The van der Waals surface area contributed by atoms with E-state index < -0.39 is 0 Å². The van der Waals surface area contributed by atoms with Crippen LogP contribution in [0.1, 0.15) is 32.3 Å². The molecular formula is C16H24N2O2. The lowest BCUT2D eigenvalue weighted by Crippen LogP contribution is -2.40. The number of hydrogen-bond acceptors (Lipinski definition) is 3. The molecular weight excluding hydrogens is 252 g/mol. The first-order valence-electron chi connectivity index (χ1n) is 7.35. The molecule has 1 atom stereocenters. The number of rotatable bonds is 6. The Balaban J connectivity index is 1.88. The van der Waals surface area contributed by atoms with E-state index in [-0.39, 0.29) is 11.3 Å². The van der Waals surface area contributed by atoms with E-state index in [1.807, 2.05) is 31.2 Å². The summed E-state index contributed by atoms with van der Waals surface area (Å²) in [7, 11) is 0. The van der Waals surface area contributed by atoms with Crippen LogP contribution >= 0.6 is 0 Å². The minimum absolute atomic E-state index is 0.127. The van der Waals surface area contributed by atoms with E-state index in [0.717, 1.165) is 43.9 Å². The molecule has 1 fully saturated rings. The third-order valence-corrected chi connectivity index (χ3v) is 3.74. The fourth-order valence-corrected chi connectivity index (χ4v) is 2.37. The van der Waals surface area contributed by atoms with Gasteiger partial charge in [0.15, 0.2) is 0 Å². The molecule has 0 bridgehead atoms. The second-order valence-corrected chi connectivity index (χ2v) is 5.67. The molecule has 1 amide bonds. The molecule has 0 saturated carbocycles. The summed E-state index contributed by atoms with van der Waals surface area (Å²) in [4.78, 5) is 12.2. The van der Waals surface area contributed by atoms with E-state index in [1.54, 1.807) is 0 Å². The van der Waals surface area contributed by atoms with Crippen LogP contribution in [0.15, 0.2) is 24.3 Å². The van der Waals surface area contributed by atoms with Crippen molar-refractivity contribution in [1.29, 1.82) is 0 Å². The maximum absolute atomic E-state index is 12.2. The zero-order valence-electron chi connectivity index (χ0n) is 12.4. The molecule has 20 heavy (non-hydrogen) atoms. The molecule has 4 heteroatoms. The van der Waals surface area contributed by atoms with Crippen LogP contribution in [0.25, 0.3) is 0 Å². The van der Waals surface area contributed by atoms with Gasteiger partial charge in [-0.15, -0.1) is 0 Å². The van der Waals surface area contributed by atoms with E-state index in [9.17, 15) is 4.79 Å². The summed E-state index contributed by atoms with van der Waals surface area (Å²) in [5, 5.41) is 6.27. The standard InChI is InChI=1S/C16H24N2O2/c1-3-9-20-14-6-4-5-13(10-14)11-18-15(19)16(2)7-8-17-12-16/h4-6,10,17H,3,7-9,11-12H2,1-2H3,(H,18,19)/t16-/m1/s1. The summed E-state index contributed by atoms with van der Waals surface area (Å²) >= 11 is 0. The van der Waals surface area contributed by atoms with Gasteiger partial charge in [0.1, 0.15) is 5.75 Å². The Morgan fingerprint density at radius 1 is 1.50 bits per heavy atom. The lowest BCUT2D eigenvalue weighted by Gasteiger charge is -2.21. The van der Waals surface area contributed by atoms with Crippen molar-refractivity contribution in [2.45, 2.75) is 33.2 Å². The second kappa shape index (κ2) is 6.75. The van der Waals surface area contributed by atoms with Crippen LogP contribution < -0.4 is 15.4 Å². The van der Waals surface area contributed by atoms with E-state index in [4.69, 9.17) is 4.74 Å². The smallest absolute Gasteiger partial charge is 0.227 e. The van der Waals surface area contributed by atoms with Crippen molar-refractivity contribution in [3.8, 4) is 5.75 Å². The molecule has 2 rings (SSSR count). The summed E-state index contributed by atoms with van der Waals surface area (Å²) in [6.45, 7) is 7.06. The average Bonchev–Trinajstić information content (AvgIpc) is 2.91. The van der Waals surface area contributed by atoms with Gasteiger partial charge < -0.3 is 15.4 Å². The predicted molar refractivity (Wildman–Crippen MR) is 79.7 cm³/mol. The van der Waals surface area contributed by atoms with Crippen LogP contribution in [0.3, 0.4) is 0 Å². The average molecular weight is 276 g/mol. The molecule has 2 N–H and O–H groups in total. The molecule has 0 radical (unpaired) electrons. The normalized spacial score (nSPS) is 21.7. The molecule has 4 nitrogen and oxygen atoms in total. The van der Waals surface area contributed by atoms with Crippen LogP contribution in [-0.4, -0.2) is 25.6 Å². The molecule has 1 aliphatic rings. The Bertz CT molecular complexity index is 454. The Morgan fingerprint density at radius 3 is 3.05 bits per heavy atom. The molecule has 0 aliphatic carbocycles. The van der Waals surface area contributed by atoms with Gasteiger partial charge in [-0.25, -0.2) is 0 Å². The van der Waals surface area contributed by atoms with Gasteiger partial charge in [-0.2, -0.15) is 0 Å². The van der Waals surface area contributed by atoms with Gasteiger partial charge >= 0.3 is 0 Å². The minimum atomic E-state index is -0.268. The van der Waals surface area contributed by atoms with Crippen LogP contribution in [0.5, 0.6) is 5.75 Å². The SMILES string of the molecule is CCCOc1cccc(CNC(=O)[C@]2(C)CCNC2)c1. The number of carbonyl (C=O) groups is 1. The third kappa shape index (κ3) is 3.73. The van der Waals surface area contributed by atoms with Gasteiger partial charge in [-0.1, -0.05) is 19.1 Å². The van der Waals surface area contributed by atoms with Gasteiger partial charge in [-0.3, -0.25) is 4.79 Å². The van der Waals surface area contributed by atoms with Crippen LogP contribution in [0, 0.1) is 5.41 Å². The summed E-state index contributed by atoms with van der Waals surface area (Å²) < 4.78 is 5.60. The molecule has 1 aromatic carbocycles. The van der Waals surface area contributed by atoms with Gasteiger partial charge in [-0.05, 0) is 44.0 Å². The van der Waals surface area contributed by atoms with Crippen molar-refractivity contribution in [1.82, 2.24) is 10.6 Å². The quantitative estimate of drug-likeness (QED) is 0.836. The summed E-state index contributed by atoms with van der Waals surface area (Å²) in [6, 6.07) is 7.91. The van der Waals surface area contributed by atoms with E-state index >= 15 is 0 Å². The molecule has 1 aromatic rings. The first-order chi connectivity index (χ1) is 9.64. The van der Waals surface area contributed by atoms with Gasteiger partial charge in [0.25, 0.3) is 0 Å². The fraction of sp³-hybridized carbons (Fsp3) is 0.562. The molecule has 1 heterocycles. The highest BCUT2D eigenvalue weighted by Crippen LogP contribution is 2.24. The molecule has 1 saturated heterocycles. The van der Waals surface area contributed by atoms with Crippen LogP contribution in [0.4, 0.5) is 0 Å². The molecule has 0 unspecified atom stereocenters.